The Labute approximate surface area is 221 Å². The van der Waals surface area contributed by atoms with Crippen LogP contribution in [0.5, 0.6) is 0 Å². The van der Waals surface area contributed by atoms with Crippen LogP contribution in [0.25, 0.3) is 5.65 Å². The number of pyridine rings is 1. The number of fused-ring (bicyclic) bond motifs is 2. The minimum absolute atomic E-state index is 0.0317. The van der Waals surface area contributed by atoms with Crippen molar-refractivity contribution in [3.8, 4) is 0 Å². The van der Waals surface area contributed by atoms with Crippen molar-refractivity contribution in [2.24, 2.45) is 10.9 Å². The third kappa shape index (κ3) is 4.20. The van der Waals surface area contributed by atoms with Gasteiger partial charge in [0.1, 0.15) is 30.8 Å². The average molecular weight is 558 g/mol. The fraction of sp³-hybridized carbons (Fsp3) is 0.238. The fourth-order valence-electron chi connectivity index (χ4n) is 4.20. The molecule has 2 aliphatic heterocycles. The van der Waals surface area contributed by atoms with Crippen molar-refractivity contribution in [1.29, 1.82) is 0 Å². The first kappa shape index (κ1) is 25.2. The van der Waals surface area contributed by atoms with Crippen LogP contribution >= 0.6 is 23.1 Å². The van der Waals surface area contributed by atoms with Crippen molar-refractivity contribution in [3.05, 3.63) is 52.6 Å². The lowest BCUT2D eigenvalue weighted by atomic mass is 10.0. The number of nitrogens with zero attached hydrogens (tertiary/aromatic N) is 6. The van der Waals surface area contributed by atoms with E-state index in [0.717, 1.165) is 16.2 Å². The second-order valence-electron chi connectivity index (χ2n) is 8.07. The van der Waals surface area contributed by atoms with Crippen LogP contribution in [0.1, 0.15) is 16.3 Å². The SMILES string of the molecule is CO/N=C(\C(=O)N[C@@H]1C(=O)N2C(C(=O)[O-])=C(Cn3nc(C(N)=O)[n+]4ccccc34)CS[C@H]12)c1csc(N)n1. The predicted octanol–water partition coefficient (Wildman–Crippen LogP) is -2.79. The lowest BCUT2D eigenvalue weighted by Gasteiger charge is -2.50. The molecule has 38 heavy (non-hydrogen) atoms. The third-order valence-electron chi connectivity index (χ3n) is 5.80. The number of carboxylic acids is 1. The van der Waals surface area contributed by atoms with Crippen molar-refractivity contribution in [3.63, 3.8) is 0 Å². The predicted molar refractivity (Wildman–Crippen MR) is 131 cm³/mol. The van der Waals surface area contributed by atoms with Gasteiger partial charge in [0.25, 0.3) is 17.5 Å². The maximum absolute atomic E-state index is 13.1. The Morgan fingerprint density at radius 1 is 1.37 bits per heavy atom. The number of aliphatic carboxylic acids is 1. The number of oxime groups is 1. The summed E-state index contributed by atoms with van der Waals surface area (Å²) in [5.41, 5.74) is 11.6. The normalized spacial score (nSPS) is 19.2. The van der Waals surface area contributed by atoms with Gasteiger partial charge in [-0.05, 0) is 6.07 Å². The lowest BCUT2D eigenvalue weighted by Crippen LogP contribution is -2.71. The molecular weight excluding hydrogens is 538 g/mol. The standard InChI is InChI=1S/C21H19N9O6S2/c1-36-27-12(10-8-38-21(23)24-10)17(32)25-13-18(33)30-14(20(34)35)9(7-37-19(13)30)6-29-11-4-2-3-5-28(11)16(26-29)15(22)31/h2-5,8,13,19H,6-7H2,1H3,(H5-,22,23,24,25,31,32,34,35)/b27-12-/t13-,19-/m1/s1. The van der Waals surface area contributed by atoms with Crippen LogP contribution in [0, 0.1) is 0 Å². The Morgan fingerprint density at radius 3 is 2.82 bits per heavy atom. The molecule has 2 atom stereocenters. The summed E-state index contributed by atoms with van der Waals surface area (Å²) in [4.78, 5) is 59.8. The van der Waals surface area contributed by atoms with Gasteiger partial charge < -0.3 is 31.5 Å². The van der Waals surface area contributed by atoms with E-state index in [0.29, 0.717) is 11.2 Å². The van der Waals surface area contributed by atoms with Crippen molar-refractivity contribution in [2.75, 3.05) is 18.6 Å². The van der Waals surface area contributed by atoms with Gasteiger partial charge >= 0.3 is 11.7 Å². The van der Waals surface area contributed by atoms with Gasteiger partial charge in [-0.1, -0.05) is 11.2 Å². The number of nitrogens with two attached hydrogens (primary N) is 2. The molecule has 0 aliphatic carbocycles. The van der Waals surface area contributed by atoms with Crippen LogP contribution in [0.15, 0.2) is 46.2 Å². The zero-order chi connectivity index (χ0) is 27.1. The topological polar surface area (TPSA) is 215 Å². The number of thioether (sulfide) groups is 1. The van der Waals surface area contributed by atoms with Crippen LogP contribution in [-0.2, 0) is 25.8 Å². The largest absolute Gasteiger partial charge is 0.543 e. The summed E-state index contributed by atoms with van der Waals surface area (Å²) in [6.07, 6.45) is 1.60. The summed E-state index contributed by atoms with van der Waals surface area (Å²) < 4.78 is 2.91. The molecule has 2 aliphatic rings. The lowest BCUT2D eigenvalue weighted by molar-refractivity contribution is -0.515. The van der Waals surface area contributed by atoms with Gasteiger partial charge in [-0.25, -0.2) is 4.98 Å². The zero-order valence-corrected chi connectivity index (χ0v) is 21.2. The highest BCUT2D eigenvalue weighted by Gasteiger charge is 2.53. The molecule has 0 aromatic carbocycles. The summed E-state index contributed by atoms with van der Waals surface area (Å²) in [6, 6.07) is 4.08. The summed E-state index contributed by atoms with van der Waals surface area (Å²) in [7, 11) is 1.25. The molecule has 0 unspecified atom stereocenters. The number of thiazole rings is 1. The number of carbonyl (C=O) groups is 4. The number of carbonyl (C=O) groups excluding carboxylic acids is 4. The van der Waals surface area contributed by atoms with Crippen molar-refractivity contribution < 1.29 is 33.5 Å². The molecule has 5 rings (SSSR count). The van der Waals surface area contributed by atoms with E-state index in [2.05, 4.69) is 20.6 Å². The summed E-state index contributed by atoms with van der Waals surface area (Å²) in [6.45, 7) is -0.0411. The van der Waals surface area contributed by atoms with Gasteiger partial charge in [-0.3, -0.25) is 19.3 Å². The number of primary amides is 1. The van der Waals surface area contributed by atoms with Gasteiger partial charge in [0, 0.05) is 22.8 Å². The molecule has 0 saturated carbocycles. The van der Waals surface area contributed by atoms with Crippen LogP contribution in [0.2, 0.25) is 0 Å². The van der Waals surface area contributed by atoms with Gasteiger partial charge in [0.15, 0.2) is 10.8 Å². The first-order chi connectivity index (χ1) is 18.2. The Kier molecular flexibility index (Phi) is 6.45. The molecule has 17 heteroatoms. The minimum atomic E-state index is -1.55. The van der Waals surface area contributed by atoms with E-state index in [1.54, 1.807) is 24.4 Å². The quantitative estimate of drug-likeness (QED) is 0.112. The van der Waals surface area contributed by atoms with Crippen LogP contribution in [0.4, 0.5) is 5.13 Å². The first-order valence-corrected chi connectivity index (χ1v) is 12.8. The Morgan fingerprint density at radius 2 is 2.16 bits per heavy atom. The number of hydrogen-bond donors (Lipinski definition) is 3. The Hall–Kier alpha value is -4.51. The number of nitrogen functional groups attached to an aromatic ring is 1. The van der Waals surface area contributed by atoms with Gasteiger partial charge in [0.05, 0.1) is 23.0 Å². The van der Waals surface area contributed by atoms with E-state index in [1.807, 2.05) is 0 Å². The van der Waals surface area contributed by atoms with Gasteiger partial charge in [0.2, 0.25) is 0 Å². The molecule has 1 saturated heterocycles. The second-order valence-corrected chi connectivity index (χ2v) is 10.1. The monoisotopic (exact) mass is 557 g/mol. The summed E-state index contributed by atoms with van der Waals surface area (Å²) in [5.74, 6) is -3.53. The smallest absolute Gasteiger partial charge is 0.371 e. The fourth-order valence-corrected chi connectivity index (χ4v) is 6.08. The Balaban J connectivity index is 1.40. The van der Waals surface area contributed by atoms with E-state index < -0.39 is 35.1 Å². The van der Waals surface area contributed by atoms with E-state index in [1.165, 1.54) is 33.3 Å². The third-order valence-corrected chi connectivity index (χ3v) is 7.81. The van der Waals surface area contributed by atoms with Crippen molar-refractivity contribution >= 4 is 63.3 Å². The molecule has 0 radical (unpaired) electrons. The van der Waals surface area contributed by atoms with Crippen LogP contribution in [-0.4, -0.2) is 73.3 Å². The maximum Gasteiger partial charge on any atom is 0.371 e. The summed E-state index contributed by atoms with van der Waals surface area (Å²) >= 11 is 2.36. The van der Waals surface area contributed by atoms with Crippen LogP contribution < -0.4 is 26.3 Å². The van der Waals surface area contributed by atoms with Crippen molar-refractivity contribution in [1.82, 2.24) is 25.0 Å². The van der Waals surface area contributed by atoms with E-state index >= 15 is 0 Å². The number of rotatable bonds is 8. The average Bonchev–Trinajstić information content (AvgIpc) is 3.49. The minimum Gasteiger partial charge on any atom is -0.543 e. The first-order valence-electron chi connectivity index (χ1n) is 10.9. The maximum atomic E-state index is 13.1. The van der Waals surface area contributed by atoms with Gasteiger partial charge in [-0.2, -0.15) is 4.40 Å². The molecule has 0 bridgehead atoms. The second kappa shape index (κ2) is 9.75. The molecule has 5 heterocycles. The molecular formula is C21H19N9O6S2. The number of amides is 3. The molecule has 1 fully saturated rings. The van der Waals surface area contributed by atoms with E-state index in [-0.39, 0.29) is 40.4 Å². The number of aromatic nitrogens is 4. The number of hydrogen-bond acceptors (Lipinski definition) is 12. The molecule has 0 spiro atoms. The number of nitrogens with one attached hydrogen (secondary N) is 1. The highest BCUT2D eigenvalue weighted by atomic mass is 32.2. The number of anilines is 1. The highest BCUT2D eigenvalue weighted by Crippen LogP contribution is 2.40. The molecule has 196 valence electrons. The van der Waals surface area contributed by atoms with Crippen molar-refractivity contribution in [2.45, 2.75) is 18.0 Å². The molecule has 5 N–H and O–H groups in total. The molecule has 3 aromatic heterocycles. The zero-order valence-electron chi connectivity index (χ0n) is 19.6. The highest BCUT2D eigenvalue weighted by molar-refractivity contribution is 8.00. The molecule has 3 amide bonds. The Bertz CT molecular complexity index is 1560. The number of carboxylic acid groups (broad SMARTS) is 1. The number of β-lactam (4-membered cyclic amide) rings is 1. The van der Waals surface area contributed by atoms with Gasteiger partial charge in [-0.15, -0.1) is 27.8 Å². The summed E-state index contributed by atoms with van der Waals surface area (Å²) in [5, 5.41) is 23.7. The molecule has 15 nitrogen and oxygen atoms in total. The molecule has 3 aromatic rings. The van der Waals surface area contributed by atoms with Crippen LogP contribution in [0.3, 0.4) is 0 Å². The van der Waals surface area contributed by atoms with E-state index in [4.69, 9.17) is 16.3 Å². The van der Waals surface area contributed by atoms with E-state index in [9.17, 15) is 24.3 Å².